The summed E-state index contributed by atoms with van der Waals surface area (Å²) in [5.41, 5.74) is 3.35. The van der Waals surface area contributed by atoms with E-state index in [0.717, 1.165) is 33.7 Å². The van der Waals surface area contributed by atoms with Crippen molar-refractivity contribution in [2.45, 2.75) is 33.6 Å². The number of carbonyl (C=O) groups is 1. The molecule has 0 fully saturated rings. The Hall–Kier alpha value is -1.87. The van der Waals surface area contributed by atoms with Gasteiger partial charge in [-0.15, -0.1) is 0 Å². The zero-order chi connectivity index (χ0) is 15.6. The highest BCUT2D eigenvalue weighted by atomic mass is 35.5. The molecule has 0 amide bonds. The topological polar surface area (TPSA) is 39.2 Å². The van der Waals surface area contributed by atoms with Crippen LogP contribution in [0.15, 0.2) is 24.4 Å². The summed E-state index contributed by atoms with van der Waals surface area (Å²) in [7, 11) is 0. The summed E-state index contributed by atoms with van der Waals surface area (Å²) < 4.78 is 5.90. The molecule has 0 aliphatic carbocycles. The lowest BCUT2D eigenvalue weighted by atomic mass is 10.0. The number of benzene rings is 1. The van der Waals surface area contributed by atoms with Crippen molar-refractivity contribution >= 4 is 17.9 Å². The fourth-order valence-electron chi connectivity index (χ4n) is 2.08. The second kappa shape index (κ2) is 6.27. The Morgan fingerprint density at radius 1 is 1.19 bits per heavy atom. The lowest BCUT2D eigenvalue weighted by Crippen LogP contribution is -1.97. The Morgan fingerprint density at radius 3 is 2.48 bits per heavy atom. The van der Waals surface area contributed by atoms with E-state index in [-0.39, 0.29) is 0 Å². The maximum Gasteiger partial charge on any atom is 0.222 e. The van der Waals surface area contributed by atoms with Crippen molar-refractivity contribution in [1.82, 2.24) is 4.98 Å². The van der Waals surface area contributed by atoms with Crippen molar-refractivity contribution in [3.05, 3.63) is 51.7 Å². The van der Waals surface area contributed by atoms with Crippen LogP contribution in [-0.4, -0.2) is 11.3 Å². The fourth-order valence-corrected chi connectivity index (χ4v) is 2.52. The van der Waals surface area contributed by atoms with Crippen LogP contribution in [0.3, 0.4) is 0 Å². The number of ether oxygens (including phenoxy) is 1. The standard InChI is InChI=1S/C17H18ClNO2/c1-10(2)14-7-16(11(3)6-15(14)18)21-17-12(4)5-13(9-20)8-19-17/h5-10H,1-4H3. The van der Waals surface area contributed by atoms with Crippen LogP contribution < -0.4 is 4.74 Å². The van der Waals surface area contributed by atoms with E-state index in [1.807, 2.05) is 26.0 Å². The maximum atomic E-state index is 10.7. The van der Waals surface area contributed by atoms with Crippen molar-refractivity contribution in [2.75, 3.05) is 0 Å². The Labute approximate surface area is 129 Å². The molecule has 1 aromatic carbocycles. The van der Waals surface area contributed by atoms with Gasteiger partial charge in [0.1, 0.15) is 5.75 Å². The molecule has 2 rings (SSSR count). The Balaban J connectivity index is 2.39. The van der Waals surface area contributed by atoms with Gasteiger partial charge in [-0.05, 0) is 49.1 Å². The summed E-state index contributed by atoms with van der Waals surface area (Å²) in [6.07, 6.45) is 2.28. The normalized spacial score (nSPS) is 10.8. The second-order valence-electron chi connectivity index (χ2n) is 5.40. The minimum Gasteiger partial charge on any atom is -0.438 e. The summed E-state index contributed by atoms with van der Waals surface area (Å²) in [4.78, 5) is 14.9. The molecule has 4 heteroatoms. The summed E-state index contributed by atoms with van der Waals surface area (Å²) >= 11 is 6.26. The molecule has 0 saturated heterocycles. The molecule has 0 aliphatic rings. The largest absolute Gasteiger partial charge is 0.438 e. The average Bonchev–Trinajstić information content (AvgIpc) is 2.43. The highest BCUT2D eigenvalue weighted by Crippen LogP contribution is 2.34. The number of aryl methyl sites for hydroxylation is 2. The molecule has 21 heavy (non-hydrogen) atoms. The van der Waals surface area contributed by atoms with Gasteiger partial charge in [0.2, 0.25) is 5.88 Å². The number of hydrogen-bond acceptors (Lipinski definition) is 3. The molecule has 3 nitrogen and oxygen atoms in total. The predicted octanol–water partition coefficient (Wildman–Crippen LogP) is 5.08. The van der Waals surface area contributed by atoms with E-state index in [0.29, 0.717) is 17.4 Å². The smallest absolute Gasteiger partial charge is 0.222 e. The van der Waals surface area contributed by atoms with Crippen molar-refractivity contribution in [1.29, 1.82) is 0 Å². The molecule has 1 heterocycles. The minimum atomic E-state index is 0.312. The first-order chi connectivity index (χ1) is 9.92. The highest BCUT2D eigenvalue weighted by molar-refractivity contribution is 6.31. The van der Waals surface area contributed by atoms with Gasteiger partial charge in [-0.2, -0.15) is 0 Å². The third-order valence-electron chi connectivity index (χ3n) is 3.31. The number of hydrogen-bond donors (Lipinski definition) is 0. The molecule has 0 radical (unpaired) electrons. The average molecular weight is 304 g/mol. The van der Waals surface area contributed by atoms with Crippen LogP contribution >= 0.6 is 11.6 Å². The van der Waals surface area contributed by atoms with Gasteiger partial charge in [-0.1, -0.05) is 25.4 Å². The molecule has 0 saturated carbocycles. The number of nitrogens with zero attached hydrogens (tertiary/aromatic N) is 1. The quantitative estimate of drug-likeness (QED) is 0.739. The van der Waals surface area contributed by atoms with Crippen LogP contribution in [0.4, 0.5) is 0 Å². The van der Waals surface area contributed by atoms with Crippen LogP contribution in [0.5, 0.6) is 11.6 Å². The highest BCUT2D eigenvalue weighted by Gasteiger charge is 2.12. The number of aldehydes is 1. The summed E-state index contributed by atoms with van der Waals surface area (Å²) in [6.45, 7) is 7.98. The molecule has 0 atom stereocenters. The molecule has 110 valence electrons. The van der Waals surface area contributed by atoms with E-state index >= 15 is 0 Å². The molecule has 2 aromatic rings. The Bertz CT molecular complexity index is 681. The van der Waals surface area contributed by atoms with Gasteiger partial charge in [0.15, 0.2) is 6.29 Å². The summed E-state index contributed by atoms with van der Waals surface area (Å²) in [5, 5.41) is 0.746. The van der Waals surface area contributed by atoms with Gasteiger partial charge in [-0.25, -0.2) is 4.98 Å². The van der Waals surface area contributed by atoms with Crippen LogP contribution in [0, 0.1) is 13.8 Å². The number of halogens is 1. The van der Waals surface area contributed by atoms with E-state index in [4.69, 9.17) is 16.3 Å². The van der Waals surface area contributed by atoms with Crippen LogP contribution in [-0.2, 0) is 0 Å². The number of pyridine rings is 1. The van der Waals surface area contributed by atoms with Crippen LogP contribution in [0.1, 0.15) is 46.8 Å². The summed E-state index contributed by atoms with van der Waals surface area (Å²) in [5.74, 6) is 1.55. The fraction of sp³-hybridized carbons (Fsp3) is 0.294. The van der Waals surface area contributed by atoms with Gasteiger partial charge >= 0.3 is 0 Å². The van der Waals surface area contributed by atoms with Gasteiger partial charge in [0, 0.05) is 22.3 Å². The van der Waals surface area contributed by atoms with E-state index in [1.165, 1.54) is 6.20 Å². The molecule has 0 spiro atoms. The molecule has 0 unspecified atom stereocenters. The lowest BCUT2D eigenvalue weighted by molar-refractivity contribution is 0.112. The second-order valence-corrected chi connectivity index (χ2v) is 5.81. The molecule has 0 N–H and O–H groups in total. The van der Waals surface area contributed by atoms with Gasteiger partial charge < -0.3 is 4.74 Å². The van der Waals surface area contributed by atoms with E-state index in [1.54, 1.807) is 6.07 Å². The van der Waals surface area contributed by atoms with Gasteiger partial charge in [-0.3, -0.25) is 4.79 Å². The monoisotopic (exact) mass is 303 g/mol. The van der Waals surface area contributed by atoms with Crippen molar-refractivity contribution in [2.24, 2.45) is 0 Å². The molecule has 1 aromatic heterocycles. The summed E-state index contributed by atoms with van der Waals surface area (Å²) in [6, 6.07) is 5.61. The minimum absolute atomic E-state index is 0.312. The van der Waals surface area contributed by atoms with E-state index in [2.05, 4.69) is 18.8 Å². The van der Waals surface area contributed by atoms with Crippen LogP contribution in [0.2, 0.25) is 5.02 Å². The van der Waals surface area contributed by atoms with Gasteiger partial charge in [0.05, 0.1) is 0 Å². The van der Waals surface area contributed by atoms with Crippen molar-refractivity contribution in [3.63, 3.8) is 0 Å². The first-order valence-electron chi connectivity index (χ1n) is 6.82. The van der Waals surface area contributed by atoms with E-state index in [9.17, 15) is 4.79 Å². The maximum absolute atomic E-state index is 10.7. The third-order valence-corrected chi connectivity index (χ3v) is 3.64. The zero-order valence-corrected chi connectivity index (χ0v) is 13.4. The molecular formula is C17H18ClNO2. The Kier molecular flexibility index (Phi) is 4.63. The Morgan fingerprint density at radius 2 is 1.90 bits per heavy atom. The molecule has 0 aliphatic heterocycles. The van der Waals surface area contributed by atoms with Crippen molar-refractivity contribution in [3.8, 4) is 11.6 Å². The predicted molar refractivity (Wildman–Crippen MR) is 84.7 cm³/mol. The molecular weight excluding hydrogens is 286 g/mol. The lowest BCUT2D eigenvalue weighted by Gasteiger charge is -2.15. The van der Waals surface area contributed by atoms with Crippen LogP contribution in [0.25, 0.3) is 0 Å². The number of aromatic nitrogens is 1. The third kappa shape index (κ3) is 3.42. The van der Waals surface area contributed by atoms with E-state index < -0.39 is 0 Å². The number of rotatable bonds is 4. The number of carbonyl (C=O) groups excluding carboxylic acids is 1. The zero-order valence-electron chi connectivity index (χ0n) is 12.6. The van der Waals surface area contributed by atoms with Gasteiger partial charge in [0.25, 0.3) is 0 Å². The van der Waals surface area contributed by atoms with Crippen molar-refractivity contribution < 1.29 is 9.53 Å². The first kappa shape index (κ1) is 15.5. The first-order valence-corrected chi connectivity index (χ1v) is 7.20. The molecule has 0 bridgehead atoms. The SMILES string of the molecule is Cc1cc(Cl)c(C(C)C)cc1Oc1ncc(C=O)cc1C.